The molecule has 3 aromatic carbocycles. The molecule has 0 fully saturated rings. The Kier molecular flexibility index (Phi) is 7.05. The van der Waals surface area contributed by atoms with Crippen LogP contribution in [0.5, 0.6) is 5.75 Å². The van der Waals surface area contributed by atoms with Crippen LogP contribution in [0.25, 0.3) is 0 Å². The lowest BCUT2D eigenvalue weighted by Gasteiger charge is -2.09. The van der Waals surface area contributed by atoms with Crippen molar-refractivity contribution in [2.24, 2.45) is 0 Å². The topological polar surface area (TPSA) is 38.3 Å². The molecule has 27 heavy (non-hydrogen) atoms. The maximum Gasteiger partial charge on any atom is 0.224 e. The second kappa shape index (κ2) is 10.2. The van der Waals surface area contributed by atoms with Gasteiger partial charge in [0.15, 0.2) is 0 Å². The number of rotatable bonds is 9. The lowest BCUT2D eigenvalue weighted by atomic mass is 10.1. The van der Waals surface area contributed by atoms with Gasteiger partial charge in [0.1, 0.15) is 5.75 Å². The molecular weight excluding hydrogens is 334 g/mol. The summed E-state index contributed by atoms with van der Waals surface area (Å²) in [6.07, 6.45) is 3.20. The quantitative estimate of drug-likeness (QED) is 0.529. The van der Waals surface area contributed by atoms with E-state index in [-0.39, 0.29) is 5.91 Å². The Morgan fingerprint density at radius 1 is 0.741 bits per heavy atom. The molecule has 138 valence electrons. The summed E-state index contributed by atoms with van der Waals surface area (Å²) in [7, 11) is 0. The van der Waals surface area contributed by atoms with Gasteiger partial charge in [-0.2, -0.15) is 0 Å². The van der Waals surface area contributed by atoms with E-state index < -0.39 is 0 Å². The van der Waals surface area contributed by atoms with Crippen molar-refractivity contribution in [3.8, 4) is 5.75 Å². The minimum absolute atomic E-state index is 0.0235. The Bertz CT molecular complexity index is 814. The fraction of sp³-hybridized carbons (Fsp3) is 0.208. The summed E-state index contributed by atoms with van der Waals surface area (Å²) in [5, 5.41) is 2.93. The molecule has 3 rings (SSSR count). The van der Waals surface area contributed by atoms with Crippen LogP contribution >= 0.6 is 0 Å². The number of benzene rings is 3. The largest absolute Gasteiger partial charge is 0.494 e. The summed E-state index contributed by atoms with van der Waals surface area (Å²) < 4.78 is 5.78. The van der Waals surface area contributed by atoms with E-state index in [0.29, 0.717) is 13.0 Å². The predicted octanol–water partition coefficient (Wildman–Crippen LogP) is 5.27. The Hall–Kier alpha value is -3.07. The van der Waals surface area contributed by atoms with E-state index in [1.165, 1.54) is 11.1 Å². The second-order valence-electron chi connectivity index (χ2n) is 6.50. The van der Waals surface area contributed by atoms with Gasteiger partial charge in [0, 0.05) is 12.1 Å². The number of hydrogen-bond acceptors (Lipinski definition) is 2. The fourth-order valence-corrected chi connectivity index (χ4v) is 2.87. The van der Waals surface area contributed by atoms with Gasteiger partial charge in [-0.25, -0.2) is 0 Å². The van der Waals surface area contributed by atoms with Crippen molar-refractivity contribution in [3.63, 3.8) is 0 Å². The minimum atomic E-state index is 0.0235. The summed E-state index contributed by atoms with van der Waals surface area (Å²) in [6.45, 7) is 0.678. The van der Waals surface area contributed by atoms with Crippen LogP contribution in [0.4, 0.5) is 5.69 Å². The van der Waals surface area contributed by atoms with E-state index in [1.54, 1.807) is 0 Å². The molecule has 0 aliphatic heterocycles. The number of nitrogens with one attached hydrogen (secondary N) is 1. The summed E-state index contributed by atoms with van der Waals surface area (Å²) >= 11 is 0. The zero-order chi connectivity index (χ0) is 18.7. The molecule has 0 heterocycles. The van der Waals surface area contributed by atoms with Crippen molar-refractivity contribution in [3.05, 3.63) is 96.1 Å². The highest BCUT2D eigenvalue weighted by atomic mass is 16.5. The van der Waals surface area contributed by atoms with E-state index in [1.807, 2.05) is 60.7 Å². The lowest BCUT2D eigenvalue weighted by molar-refractivity contribution is -0.116. The highest BCUT2D eigenvalue weighted by Gasteiger charge is 2.04. The second-order valence-corrected chi connectivity index (χ2v) is 6.50. The van der Waals surface area contributed by atoms with Crippen LogP contribution in [0.1, 0.15) is 24.0 Å². The molecule has 0 aromatic heterocycles. The molecular formula is C24H25NO2. The third kappa shape index (κ3) is 6.63. The normalized spacial score (nSPS) is 10.4. The van der Waals surface area contributed by atoms with Crippen molar-refractivity contribution in [2.75, 3.05) is 11.9 Å². The average molecular weight is 359 g/mol. The zero-order valence-electron chi connectivity index (χ0n) is 15.4. The smallest absolute Gasteiger partial charge is 0.224 e. The molecule has 3 heteroatoms. The first-order chi connectivity index (χ1) is 13.3. The van der Waals surface area contributed by atoms with E-state index in [0.717, 1.165) is 30.7 Å². The van der Waals surface area contributed by atoms with Crippen LogP contribution in [0.3, 0.4) is 0 Å². The van der Waals surface area contributed by atoms with Gasteiger partial charge in [-0.05, 0) is 54.7 Å². The molecule has 0 saturated carbocycles. The average Bonchev–Trinajstić information content (AvgIpc) is 2.72. The first kappa shape index (κ1) is 18.7. The van der Waals surface area contributed by atoms with Crippen LogP contribution < -0.4 is 10.1 Å². The molecule has 0 atom stereocenters. The Balaban J connectivity index is 1.37. The maximum absolute atomic E-state index is 12.1. The molecule has 0 saturated heterocycles. The Morgan fingerprint density at radius 3 is 1.96 bits per heavy atom. The molecule has 0 spiro atoms. The standard InChI is InChI=1S/C24H25NO2/c26-24(18-13-21-10-5-2-6-11-21)25-22-14-16-23(17-15-22)27-19-7-12-20-8-3-1-4-9-20/h1-6,8-11,14-17H,7,12-13,18-19H2,(H,25,26). The maximum atomic E-state index is 12.1. The summed E-state index contributed by atoms with van der Waals surface area (Å²) in [5.41, 5.74) is 3.30. The van der Waals surface area contributed by atoms with Gasteiger partial charge >= 0.3 is 0 Å². The van der Waals surface area contributed by atoms with Gasteiger partial charge in [0.05, 0.1) is 6.61 Å². The molecule has 0 unspecified atom stereocenters. The fourth-order valence-electron chi connectivity index (χ4n) is 2.87. The zero-order valence-corrected chi connectivity index (χ0v) is 15.4. The number of carbonyl (C=O) groups is 1. The molecule has 3 nitrogen and oxygen atoms in total. The summed E-state index contributed by atoms with van der Waals surface area (Å²) in [4.78, 5) is 12.1. The van der Waals surface area contributed by atoms with Gasteiger partial charge in [-0.3, -0.25) is 4.79 Å². The van der Waals surface area contributed by atoms with Crippen LogP contribution in [-0.2, 0) is 17.6 Å². The van der Waals surface area contributed by atoms with Crippen molar-refractivity contribution < 1.29 is 9.53 Å². The van der Waals surface area contributed by atoms with Gasteiger partial charge < -0.3 is 10.1 Å². The predicted molar refractivity (Wildman–Crippen MR) is 110 cm³/mol. The van der Waals surface area contributed by atoms with Crippen LogP contribution in [0.15, 0.2) is 84.9 Å². The number of anilines is 1. The van der Waals surface area contributed by atoms with E-state index in [4.69, 9.17) is 4.74 Å². The van der Waals surface area contributed by atoms with Crippen LogP contribution in [0.2, 0.25) is 0 Å². The molecule has 0 aliphatic carbocycles. The van der Waals surface area contributed by atoms with Gasteiger partial charge in [-0.15, -0.1) is 0 Å². The molecule has 0 radical (unpaired) electrons. The first-order valence-corrected chi connectivity index (χ1v) is 9.40. The molecule has 1 amide bonds. The molecule has 0 aliphatic rings. The van der Waals surface area contributed by atoms with Crippen molar-refractivity contribution in [1.82, 2.24) is 0 Å². The third-order valence-electron chi connectivity index (χ3n) is 4.34. The number of aryl methyl sites for hydroxylation is 2. The summed E-state index contributed by atoms with van der Waals surface area (Å²) in [5.74, 6) is 0.848. The van der Waals surface area contributed by atoms with Crippen LogP contribution in [-0.4, -0.2) is 12.5 Å². The number of ether oxygens (including phenoxy) is 1. The van der Waals surface area contributed by atoms with E-state index in [2.05, 4.69) is 29.6 Å². The third-order valence-corrected chi connectivity index (χ3v) is 4.34. The SMILES string of the molecule is O=C(CCc1ccccc1)Nc1ccc(OCCCc2ccccc2)cc1. The van der Waals surface area contributed by atoms with Crippen LogP contribution in [0, 0.1) is 0 Å². The molecule has 3 aromatic rings. The Labute approximate surface area is 161 Å². The highest BCUT2D eigenvalue weighted by Crippen LogP contribution is 2.16. The van der Waals surface area contributed by atoms with Gasteiger partial charge in [-0.1, -0.05) is 60.7 Å². The molecule has 1 N–H and O–H groups in total. The number of amides is 1. The summed E-state index contributed by atoms with van der Waals surface area (Å²) in [6, 6.07) is 28.0. The lowest BCUT2D eigenvalue weighted by Crippen LogP contribution is -2.12. The van der Waals surface area contributed by atoms with Gasteiger partial charge in [0.2, 0.25) is 5.91 Å². The van der Waals surface area contributed by atoms with Crippen molar-refractivity contribution in [1.29, 1.82) is 0 Å². The molecule has 0 bridgehead atoms. The van der Waals surface area contributed by atoms with Gasteiger partial charge in [0.25, 0.3) is 0 Å². The van der Waals surface area contributed by atoms with E-state index >= 15 is 0 Å². The van der Waals surface area contributed by atoms with Crippen molar-refractivity contribution in [2.45, 2.75) is 25.7 Å². The first-order valence-electron chi connectivity index (χ1n) is 9.40. The monoisotopic (exact) mass is 359 g/mol. The number of hydrogen-bond donors (Lipinski definition) is 1. The van der Waals surface area contributed by atoms with Crippen molar-refractivity contribution >= 4 is 11.6 Å². The van der Waals surface area contributed by atoms with E-state index in [9.17, 15) is 4.79 Å². The minimum Gasteiger partial charge on any atom is -0.494 e. The Morgan fingerprint density at radius 2 is 1.33 bits per heavy atom. The number of carbonyl (C=O) groups excluding carboxylic acids is 1. The highest BCUT2D eigenvalue weighted by molar-refractivity contribution is 5.90.